The highest BCUT2D eigenvalue weighted by Gasteiger charge is 2.03. The maximum absolute atomic E-state index is 5.77. The number of halogens is 1. The van der Waals surface area contributed by atoms with Crippen molar-refractivity contribution in [3.05, 3.63) is 76.5 Å². The van der Waals surface area contributed by atoms with Gasteiger partial charge in [0, 0.05) is 10.0 Å². The van der Waals surface area contributed by atoms with Crippen molar-refractivity contribution >= 4 is 27.8 Å². The topological polar surface area (TPSA) is 37.5 Å². The molecule has 0 aliphatic rings. The van der Waals surface area contributed by atoms with E-state index in [0.717, 1.165) is 27.0 Å². The first-order valence-corrected chi connectivity index (χ1v) is 7.72. The third-order valence-corrected chi connectivity index (χ3v) is 3.81. The number of hydrazone groups is 1. The molecule has 0 amide bonds. The maximum Gasteiger partial charge on any atom is 0.147 e. The minimum Gasteiger partial charge on any atom is -0.455 e. The Morgan fingerprint density at radius 3 is 2.55 bits per heavy atom. The molecule has 0 atom stereocenters. The number of benzene rings is 2. The Kier molecular flexibility index (Phi) is 4.39. The molecule has 3 aromatic rings. The summed E-state index contributed by atoms with van der Waals surface area (Å²) in [5, 5.41) is 4.22. The number of nitrogens with zero attached hydrogens (tertiary/aromatic N) is 1. The van der Waals surface area contributed by atoms with Crippen molar-refractivity contribution in [2.75, 3.05) is 5.43 Å². The highest BCUT2D eigenvalue weighted by Crippen LogP contribution is 2.23. The molecule has 0 spiro atoms. The van der Waals surface area contributed by atoms with Gasteiger partial charge in [-0.05, 0) is 42.8 Å². The molecular weight excluding hydrogens is 340 g/mol. The van der Waals surface area contributed by atoms with Crippen LogP contribution in [0.1, 0.15) is 11.3 Å². The predicted molar refractivity (Wildman–Crippen MR) is 94.2 cm³/mol. The van der Waals surface area contributed by atoms with Crippen LogP contribution in [0.5, 0.6) is 0 Å². The van der Waals surface area contributed by atoms with Crippen LogP contribution in [0.25, 0.3) is 11.3 Å². The molecule has 1 N–H and O–H groups in total. The largest absolute Gasteiger partial charge is 0.455 e. The summed E-state index contributed by atoms with van der Waals surface area (Å²) in [6.07, 6.45) is 1.68. The fourth-order valence-corrected chi connectivity index (χ4v) is 2.32. The fourth-order valence-electron chi connectivity index (χ4n) is 2.06. The number of aryl methyl sites for hydroxylation is 1. The molecular formula is C18H15BrN2O. The summed E-state index contributed by atoms with van der Waals surface area (Å²) >= 11 is 3.43. The second kappa shape index (κ2) is 6.62. The van der Waals surface area contributed by atoms with Gasteiger partial charge in [0.15, 0.2) is 0 Å². The normalized spacial score (nSPS) is 11.0. The number of hydrogen-bond acceptors (Lipinski definition) is 3. The molecule has 110 valence electrons. The Bertz CT molecular complexity index is 791. The first kappa shape index (κ1) is 14.6. The van der Waals surface area contributed by atoms with Crippen molar-refractivity contribution in [1.82, 2.24) is 0 Å². The van der Waals surface area contributed by atoms with E-state index in [9.17, 15) is 0 Å². The van der Waals surface area contributed by atoms with Crippen LogP contribution in [0, 0.1) is 6.92 Å². The molecule has 0 saturated heterocycles. The van der Waals surface area contributed by atoms with Crippen LogP contribution >= 0.6 is 15.9 Å². The van der Waals surface area contributed by atoms with Gasteiger partial charge >= 0.3 is 0 Å². The molecule has 1 heterocycles. The lowest BCUT2D eigenvalue weighted by molar-refractivity contribution is 0.575. The maximum atomic E-state index is 5.77. The second-order valence-electron chi connectivity index (χ2n) is 4.89. The van der Waals surface area contributed by atoms with E-state index in [-0.39, 0.29) is 0 Å². The number of rotatable bonds is 4. The molecule has 2 aromatic carbocycles. The van der Waals surface area contributed by atoms with Crippen LogP contribution in [0.4, 0.5) is 5.69 Å². The van der Waals surface area contributed by atoms with Gasteiger partial charge in [-0.1, -0.05) is 46.3 Å². The van der Waals surface area contributed by atoms with Gasteiger partial charge in [0.2, 0.25) is 0 Å². The molecule has 0 aliphatic carbocycles. The number of para-hydroxylation sites is 1. The van der Waals surface area contributed by atoms with Gasteiger partial charge < -0.3 is 4.42 Å². The predicted octanol–water partition coefficient (Wildman–Crippen LogP) is 5.46. The van der Waals surface area contributed by atoms with Crippen LogP contribution in [-0.2, 0) is 0 Å². The fraction of sp³-hybridized carbons (Fsp3) is 0.0556. The van der Waals surface area contributed by atoms with E-state index in [4.69, 9.17) is 4.42 Å². The summed E-state index contributed by atoms with van der Waals surface area (Å²) in [6.45, 7) is 2.04. The van der Waals surface area contributed by atoms with Gasteiger partial charge in [0.1, 0.15) is 11.5 Å². The van der Waals surface area contributed by atoms with E-state index >= 15 is 0 Å². The molecule has 0 radical (unpaired) electrons. The first-order chi connectivity index (χ1) is 10.7. The average Bonchev–Trinajstić information content (AvgIpc) is 2.99. The van der Waals surface area contributed by atoms with Gasteiger partial charge in [-0.15, -0.1) is 0 Å². The Balaban J connectivity index is 1.70. The summed E-state index contributed by atoms with van der Waals surface area (Å²) in [5.41, 5.74) is 6.19. The standard InChI is InChI=1S/C18H15BrN2O/c1-13-4-2-3-5-17(13)21-20-12-16-10-11-18(22-16)14-6-8-15(19)9-7-14/h2-12,21H,1H3. The average molecular weight is 355 g/mol. The first-order valence-electron chi connectivity index (χ1n) is 6.93. The third kappa shape index (κ3) is 3.46. The van der Waals surface area contributed by atoms with E-state index in [1.165, 1.54) is 0 Å². The molecule has 0 fully saturated rings. The number of hydrogen-bond donors (Lipinski definition) is 1. The Hall–Kier alpha value is -2.33. The highest BCUT2D eigenvalue weighted by atomic mass is 79.9. The minimum atomic E-state index is 0.707. The van der Waals surface area contributed by atoms with Crippen molar-refractivity contribution in [2.45, 2.75) is 6.92 Å². The lowest BCUT2D eigenvalue weighted by Gasteiger charge is -2.02. The summed E-state index contributed by atoms with van der Waals surface area (Å²) in [5.74, 6) is 1.53. The zero-order valence-electron chi connectivity index (χ0n) is 12.1. The smallest absolute Gasteiger partial charge is 0.147 e. The molecule has 0 unspecified atom stereocenters. The SMILES string of the molecule is Cc1ccccc1NN=Cc1ccc(-c2ccc(Br)cc2)o1. The minimum absolute atomic E-state index is 0.707. The molecule has 0 bridgehead atoms. The van der Waals surface area contributed by atoms with Crippen molar-refractivity contribution in [2.24, 2.45) is 5.10 Å². The van der Waals surface area contributed by atoms with E-state index in [1.807, 2.05) is 67.6 Å². The molecule has 4 heteroatoms. The lowest BCUT2D eigenvalue weighted by Crippen LogP contribution is -1.91. The van der Waals surface area contributed by atoms with Gasteiger partial charge in [-0.25, -0.2) is 0 Å². The zero-order chi connectivity index (χ0) is 15.4. The number of nitrogens with one attached hydrogen (secondary N) is 1. The Morgan fingerprint density at radius 2 is 1.77 bits per heavy atom. The summed E-state index contributed by atoms with van der Waals surface area (Å²) in [4.78, 5) is 0. The highest BCUT2D eigenvalue weighted by molar-refractivity contribution is 9.10. The van der Waals surface area contributed by atoms with Crippen molar-refractivity contribution < 1.29 is 4.42 Å². The molecule has 22 heavy (non-hydrogen) atoms. The molecule has 0 aliphatic heterocycles. The van der Waals surface area contributed by atoms with Crippen molar-refractivity contribution in [3.63, 3.8) is 0 Å². The van der Waals surface area contributed by atoms with Crippen LogP contribution < -0.4 is 5.43 Å². The number of furan rings is 1. The van der Waals surface area contributed by atoms with Gasteiger partial charge in [-0.3, -0.25) is 5.43 Å². The van der Waals surface area contributed by atoms with Gasteiger partial charge in [0.25, 0.3) is 0 Å². The molecule has 3 nitrogen and oxygen atoms in total. The van der Waals surface area contributed by atoms with Crippen molar-refractivity contribution in [1.29, 1.82) is 0 Å². The van der Waals surface area contributed by atoms with Gasteiger partial charge in [-0.2, -0.15) is 5.10 Å². The van der Waals surface area contributed by atoms with Crippen LogP contribution in [0.3, 0.4) is 0 Å². The molecule has 1 aromatic heterocycles. The van der Waals surface area contributed by atoms with Crippen LogP contribution in [0.15, 0.2) is 74.7 Å². The third-order valence-electron chi connectivity index (χ3n) is 3.28. The monoisotopic (exact) mass is 354 g/mol. The van der Waals surface area contributed by atoms with Crippen LogP contribution in [0.2, 0.25) is 0 Å². The van der Waals surface area contributed by atoms with Crippen LogP contribution in [-0.4, -0.2) is 6.21 Å². The van der Waals surface area contributed by atoms with E-state index in [1.54, 1.807) is 6.21 Å². The summed E-state index contributed by atoms with van der Waals surface area (Å²) in [6, 6.07) is 19.9. The Morgan fingerprint density at radius 1 is 1.00 bits per heavy atom. The van der Waals surface area contributed by atoms with E-state index in [2.05, 4.69) is 26.5 Å². The quantitative estimate of drug-likeness (QED) is 0.498. The zero-order valence-corrected chi connectivity index (χ0v) is 13.7. The summed E-state index contributed by atoms with van der Waals surface area (Å²) in [7, 11) is 0. The van der Waals surface area contributed by atoms with E-state index < -0.39 is 0 Å². The molecule has 3 rings (SSSR count). The van der Waals surface area contributed by atoms with Gasteiger partial charge in [0.05, 0.1) is 11.9 Å². The number of anilines is 1. The van der Waals surface area contributed by atoms with E-state index in [0.29, 0.717) is 5.76 Å². The Labute approximate surface area is 137 Å². The summed E-state index contributed by atoms with van der Waals surface area (Å²) < 4.78 is 6.82. The molecule has 0 saturated carbocycles. The van der Waals surface area contributed by atoms with Crippen molar-refractivity contribution in [3.8, 4) is 11.3 Å². The second-order valence-corrected chi connectivity index (χ2v) is 5.81. The lowest BCUT2D eigenvalue weighted by atomic mass is 10.2.